The molecule has 298 valence electrons. The average molecular weight is 836 g/mol. The van der Waals surface area contributed by atoms with Gasteiger partial charge in [0.2, 0.25) is 0 Å². The van der Waals surface area contributed by atoms with E-state index in [1.165, 1.54) is 78.9 Å². The van der Waals surface area contributed by atoms with Gasteiger partial charge in [0.05, 0.1) is 6.54 Å². The number of allylic oxidation sites excluding steroid dienone is 3. The van der Waals surface area contributed by atoms with Crippen molar-refractivity contribution in [1.82, 2.24) is 0 Å². The van der Waals surface area contributed by atoms with E-state index in [0.29, 0.717) is 12.1 Å². The van der Waals surface area contributed by atoms with Crippen molar-refractivity contribution in [1.29, 1.82) is 5.41 Å². The van der Waals surface area contributed by atoms with Gasteiger partial charge in [-0.3, -0.25) is 10.4 Å². The average Bonchev–Trinajstić information content (AvgIpc) is 4.00. The Morgan fingerprint density at radius 2 is 1.39 bits per heavy atom. The molecule has 62 heavy (non-hydrogen) atoms. The Bertz CT molecular complexity index is 3630. The normalized spacial score (nSPS) is 12.2. The van der Waals surface area contributed by atoms with Crippen LogP contribution in [0.2, 0.25) is 0 Å². The maximum absolute atomic E-state index is 7.03. The molecule has 0 saturated heterocycles. The number of hydrogen-bond donors (Lipinski definition) is 2. The molecule has 0 spiro atoms. The number of rotatable bonds is 8. The molecule has 6 heteroatoms. The number of aliphatic imine (C=N–C) groups is 1. The highest BCUT2D eigenvalue weighted by molar-refractivity contribution is 7.26. The fourth-order valence-corrected chi connectivity index (χ4v) is 10.8. The molecule has 3 N–H and O–H groups in total. The molecule has 0 amide bonds. The lowest BCUT2D eigenvalue weighted by Gasteiger charge is -2.07. The van der Waals surface area contributed by atoms with Crippen LogP contribution in [-0.2, 0) is 6.54 Å². The number of nitrogens with one attached hydrogen (secondary N) is 1. The van der Waals surface area contributed by atoms with Crippen LogP contribution in [0.4, 0.5) is 0 Å². The minimum absolute atomic E-state index is 0.0492. The SMILES string of the molecule is C(=NCc1ccc2ccccc2c1)c1cccc2oc3ccc(-c4cccc5sc6c(-c7ccc8c(c7)sc7ccccc78)cccc6c45)cc3c12.C=C/C(=C\C=C/C)C(=N)N. The topological polar surface area (TPSA) is 75.4 Å². The third-order valence-electron chi connectivity index (χ3n) is 11.4. The number of fused-ring (bicyclic) bond motifs is 10. The molecule has 0 aliphatic carbocycles. The molecule has 0 bridgehead atoms. The molecule has 0 fully saturated rings. The number of benzene rings is 8. The lowest BCUT2D eigenvalue weighted by molar-refractivity contribution is 0.669. The monoisotopic (exact) mass is 835 g/mol. The lowest BCUT2D eigenvalue weighted by Crippen LogP contribution is -2.10. The van der Waals surface area contributed by atoms with Crippen molar-refractivity contribution in [3.05, 3.63) is 205 Å². The van der Waals surface area contributed by atoms with Gasteiger partial charge >= 0.3 is 0 Å². The first-order valence-electron chi connectivity index (χ1n) is 20.6. The molecule has 4 nitrogen and oxygen atoms in total. The summed E-state index contributed by atoms with van der Waals surface area (Å²) in [4.78, 5) is 4.90. The second-order valence-electron chi connectivity index (χ2n) is 15.2. The molecule has 0 saturated carbocycles. The van der Waals surface area contributed by atoms with Crippen LogP contribution < -0.4 is 5.73 Å². The highest BCUT2D eigenvalue weighted by atomic mass is 32.1. The van der Waals surface area contributed by atoms with Crippen LogP contribution in [0, 0.1) is 5.41 Å². The second kappa shape index (κ2) is 16.6. The lowest BCUT2D eigenvalue weighted by atomic mass is 9.96. The van der Waals surface area contributed by atoms with E-state index in [4.69, 9.17) is 20.6 Å². The first kappa shape index (κ1) is 38.8. The number of hydrogen-bond acceptors (Lipinski definition) is 5. The molecule has 0 aliphatic heterocycles. The number of nitrogens with zero attached hydrogens (tertiary/aromatic N) is 1. The fraction of sp³-hybridized carbons (Fsp3) is 0.0357. The number of nitrogens with two attached hydrogens (primary N) is 1. The minimum atomic E-state index is 0.0492. The summed E-state index contributed by atoms with van der Waals surface area (Å²) in [6.07, 6.45) is 8.99. The number of thiophene rings is 2. The molecule has 3 heterocycles. The molecule has 3 aromatic heterocycles. The molecule has 0 radical (unpaired) electrons. The molecular formula is C56H41N3OS2. The van der Waals surface area contributed by atoms with Crippen LogP contribution in [0.15, 0.2) is 204 Å². The van der Waals surface area contributed by atoms with Crippen molar-refractivity contribution in [3.8, 4) is 22.3 Å². The van der Waals surface area contributed by atoms with Gasteiger partial charge in [0.25, 0.3) is 0 Å². The van der Waals surface area contributed by atoms with E-state index < -0.39 is 0 Å². The number of amidine groups is 1. The fourth-order valence-electron chi connectivity index (χ4n) is 8.39. The Labute approximate surface area is 367 Å². The molecule has 11 rings (SSSR count). The summed E-state index contributed by atoms with van der Waals surface area (Å²) < 4.78 is 11.7. The van der Waals surface area contributed by atoms with Gasteiger partial charge in [-0.15, -0.1) is 22.7 Å². The second-order valence-corrected chi connectivity index (χ2v) is 17.4. The predicted octanol–water partition coefficient (Wildman–Crippen LogP) is 16.0. The minimum Gasteiger partial charge on any atom is -0.456 e. The van der Waals surface area contributed by atoms with Crippen LogP contribution in [-0.4, -0.2) is 12.1 Å². The van der Waals surface area contributed by atoms with Crippen molar-refractivity contribution in [2.24, 2.45) is 10.7 Å². The quantitative estimate of drug-likeness (QED) is 0.0909. The van der Waals surface area contributed by atoms with Crippen LogP contribution >= 0.6 is 22.7 Å². The van der Waals surface area contributed by atoms with Crippen molar-refractivity contribution in [2.45, 2.75) is 13.5 Å². The Morgan fingerprint density at radius 1 is 0.645 bits per heavy atom. The van der Waals surface area contributed by atoms with E-state index >= 15 is 0 Å². The highest BCUT2D eigenvalue weighted by Gasteiger charge is 2.17. The molecule has 0 aliphatic rings. The van der Waals surface area contributed by atoms with E-state index in [1.54, 1.807) is 12.2 Å². The van der Waals surface area contributed by atoms with Gasteiger partial charge in [-0.25, -0.2) is 0 Å². The Morgan fingerprint density at radius 3 is 2.26 bits per heavy atom. The number of furan rings is 1. The van der Waals surface area contributed by atoms with E-state index in [9.17, 15) is 0 Å². The van der Waals surface area contributed by atoms with Gasteiger partial charge in [0.15, 0.2) is 0 Å². The maximum Gasteiger partial charge on any atom is 0.136 e. The largest absolute Gasteiger partial charge is 0.456 e. The summed E-state index contributed by atoms with van der Waals surface area (Å²) in [5.41, 5.74) is 14.8. The summed E-state index contributed by atoms with van der Waals surface area (Å²) >= 11 is 3.76. The van der Waals surface area contributed by atoms with Crippen molar-refractivity contribution in [3.63, 3.8) is 0 Å². The predicted molar refractivity (Wildman–Crippen MR) is 271 cm³/mol. The summed E-state index contributed by atoms with van der Waals surface area (Å²) in [5, 5.41) is 17.0. The Balaban J connectivity index is 0.000000411. The van der Waals surface area contributed by atoms with Crippen LogP contribution in [0.3, 0.4) is 0 Å². The first-order chi connectivity index (χ1) is 30.5. The summed E-state index contributed by atoms with van der Waals surface area (Å²) in [6.45, 7) is 6.03. The Hall–Kier alpha value is -7.38. The molecule has 0 atom stereocenters. The van der Waals surface area contributed by atoms with Crippen molar-refractivity contribution >= 4 is 108 Å². The van der Waals surface area contributed by atoms with Crippen LogP contribution in [0.5, 0.6) is 0 Å². The van der Waals surface area contributed by atoms with Gasteiger partial charge in [0, 0.05) is 68.5 Å². The van der Waals surface area contributed by atoms with Gasteiger partial charge < -0.3 is 10.2 Å². The maximum atomic E-state index is 7.03. The van der Waals surface area contributed by atoms with Gasteiger partial charge in [-0.05, 0) is 88.0 Å². The van der Waals surface area contributed by atoms with Crippen molar-refractivity contribution < 1.29 is 4.42 Å². The molecule has 0 unspecified atom stereocenters. The van der Waals surface area contributed by atoms with E-state index in [-0.39, 0.29) is 5.84 Å². The molecular weight excluding hydrogens is 795 g/mol. The van der Waals surface area contributed by atoms with E-state index in [2.05, 4.69) is 164 Å². The first-order valence-corrected chi connectivity index (χ1v) is 22.2. The van der Waals surface area contributed by atoms with Crippen molar-refractivity contribution in [2.75, 3.05) is 0 Å². The smallest absolute Gasteiger partial charge is 0.136 e. The van der Waals surface area contributed by atoms with E-state index in [0.717, 1.165) is 27.5 Å². The highest BCUT2D eigenvalue weighted by Crippen LogP contribution is 2.46. The molecule has 8 aromatic carbocycles. The van der Waals surface area contributed by atoms with Gasteiger partial charge in [0.1, 0.15) is 17.0 Å². The summed E-state index contributed by atoms with van der Waals surface area (Å²) in [5.74, 6) is 0.0492. The third-order valence-corrected chi connectivity index (χ3v) is 13.7. The Kier molecular flexibility index (Phi) is 10.4. The van der Waals surface area contributed by atoms with Gasteiger partial charge in [-0.2, -0.15) is 0 Å². The third kappa shape index (κ3) is 7.19. The molecule has 11 aromatic rings. The summed E-state index contributed by atoms with van der Waals surface area (Å²) in [7, 11) is 0. The standard InChI is InChI=1S/C48H29NOS2.C8H12N2/c1-2-9-31-24-29(18-19-30(31)8-1)27-49-28-34-10-5-15-42-46(34)40-25-32(21-23-41(40)50-42)35-12-7-17-44-47(35)39-14-6-13-36(48(39)52-44)33-20-22-38-37-11-3-4-16-43(37)51-45(38)26-33;1-3-5-6-7(4-2)8(9)10/h1-26,28H,27H2;3-6H,2H2,1H3,(H3,9,10)/b;5-3-,7-6+. The zero-order chi connectivity index (χ0) is 42.2. The summed E-state index contributed by atoms with van der Waals surface area (Å²) in [6, 6.07) is 57.1. The van der Waals surface area contributed by atoms with Gasteiger partial charge in [-0.1, -0.05) is 146 Å². The van der Waals surface area contributed by atoms with Crippen LogP contribution in [0.1, 0.15) is 18.1 Å². The van der Waals surface area contributed by atoms with E-state index in [1.807, 2.05) is 48.0 Å². The zero-order valence-electron chi connectivity index (χ0n) is 34.1. The van der Waals surface area contributed by atoms with Crippen LogP contribution in [0.25, 0.3) is 95.3 Å². The zero-order valence-corrected chi connectivity index (χ0v) is 35.7.